The minimum Gasteiger partial charge on any atom is -0.496 e. The average Bonchev–Trinajstić information content (AvgIpc) is 2.31. The zero-order valence-electron chi connectivity index (χ0n) is 10.3. The fraction of sp³-hybridized carbons (Fsp3) is 0.571. The van der Waals surface area contributed by atoms with Gasteiger partial charge in [-0.2, -0.15) is 0 Å². The van der Waals surface area contributed by atoms with Crippen molar-refractivity contribution in [2.75, 3.05) is 7.11 Å². The van der Waals surface area contributed by atoms with Crippen molar-refractivity contribution in [3.05, 3.63) is 29.3 Å². The van der Waals surface area contributed by atoms with E-state index in [2.05, 4.69) is 25.1 Å². The summed E-state index contributed by atoms with van der Waals surface area (Å²) in [7, 11) is 1.76. The van der Waals surface area contributed by atoms with E-state index in [-0.39, 0.29) is 0 Å². The normalized spacial score (nSPS) is 18.5. The number of benzene rings is 1. The van der Waals surface area contributed by atoms with E-state index in [0.717, 1.165) is 11.7 Å². The minimum atomic E-state index is 0.809. The van der Waals surface area contributed by atoms with E-state index in [1.54, 1.807) is 7.11 Å². The molecule has 1 aromatic carbocycles. The standard InChI is InChI=1S/C12H16O.C2H6/c1-9-6-7-10-4-3-5-12(13-2)11(10)8-9;1-2/h3-5,9H,6-8H2,1-2H3;1-2H3. The van der Waals surface area contributed by atoms with Crippen LogP contribution in [0.4, 0.5) is 0 Å². The highest BCUT2D eigenvalue weighted by Crippen LogP contribution is 2.31. The Labute approximate surface area is 93.5 Å². The maximum atomic E-state index is 5.36. The Bertz CT molecular complexity index is 290. The minimum absolute atomic E-state index is 0.809. The molecule has 2 rings (SSSR count). The van der Waals surface area contributed by atoms with Crippen LogP contribution in [0.1, 0.15) is 38.3 Å². The fourth-order valence-electron chi connectivity index (χ4n) is 2.12. The van der Waals surface area contributed by atoms with Gasteiger partial charge in [0, 0.05) is 0 Å². The lowest BCUT2D eigenvalue weighted by Crippen LogP contribution is -2.12. The smallest absolute Gasteiger partial charge is 0.122 e. The Kier molecular flexibility index (Phi) is 4.67. The van der Waals surface area contributed by atoms with Crippen molar-refractivity contribution in [3.63, 3.8) is 0 Å². The molecule has 0 N–H and O–H groups in total. The zero-order valence-corrected chi connectivity index (χ0v) is 10.3. The van der Waals surface area contributed by atoms with Gasteiger partial charge in [0.1, 0.15) is 5.75 Å². The lowest BCUT2D eigenvalue weighted by atomic mass is 9.84. The third-order valence-corrected chi connectivity index (χ3v) is 2.91. The van der Waals surface area contributed by atoms with Crippen LogP contribution in [0.2, 0.25) is 0 Å². The van der Waals surface area contributed by atoms with Gasteiger partial charge < -0.3 is 4.74 Å². The summed E-state index contributed by atoms with van der Waals surface area (Å²) in [4.78, 5) is 0. The summed E-state index contributed by atoms with van der Waals surface area (Å²) in [5, 5.41) is 0. The van der Waals surface area contributed by atoms with E-state index in [1.807, 2.05) is 13.8 Å². The number of aryl methyl sites for hydroxylation is 1. The third kappa shape index (κ3) is 2.74. The molecule has 0 bridgehead atoms. The van der Waals surface area contributed by atoms with Gasteiger partial charge in [0.05, 0.1) is 7.11 Å². The second-order valence-corrected chi connectivity index (χ2v) is 3.95. The molecule has 0 amide bonds. The molecule has 15 heavy (non-hydrogen) atoms. The summed E-state index contributed by atoms with van der Waals surface area (Å²) in [6.07, 6.45) is 3.72. The summed E-state index contributed by atoms with van der Waals surface area (Å²) < 4.78 is 5.36. The molecule has 1 nitrogen and oxygen atoms in total. The summed E-state index contributed by atoms with van der Waals surface area (Å²) in [5.41, 5.74) is 2.92. The van der Waals surface area contributed by atoms with Crippen LogP contribution in [0.15, 0.2) is 18.2 Å². The molecule has 1 atom stereocenters. The largest absolute Gasteiger partial charge is 0.496 e. The van der Waals surface area contributed by atoms with E-state index in [9.17, 15) is 0 Å². The van der Waals surface area contributed by atoms with Gasteiger partial charge in [-0.25, -0.2) is 0 Å². The highest BCUT2D eigenvalue weighted by atomic mass is 16.5. The third-order valence-electron chi connectivity index (χ3n) is 2.91. The van der Waals surface area contributed by atoms with Gasteiger partial charge >= 0.3 is 0 Å². The van der Waals surface area contributed by atoms with Crippen molar-refractivity contribution in [1.29, 1.82) is 0 Å². The SMILES string of the molecule is CC.COc1cccc2c1CC(C)CC2. The van der Waals surface area contributed by atoms with Crippen molar-refractivity contribution in [1.82, 2.24) is 0 Å². The predicted octanol–water partition coefficient (Wildman–Crippen LogP) is 3.85. The van der Waals surface area contributed by atoms with Crippen LogP contribution in [-0.4, -0.2) is 7.11 Å². The summed E-state index contributed by atoms with van der Waals surface area (Å²) in [5.74, 6) is 1.88. The number of rotatable bonds is 1. The highest BCUT2D eigenvalue weighted by Gasteiger charge is 2.17. The molecule has 1 aromatic rings. The molecule has 1 heteroatoms. The number of methoxy groups -OCH3 is 1. The van der Waals surface area contributed by atoms with Gasteiger partial charge in [-0.15, -0.1) is 0 Å². The lowest BCUT2D eigenvalue weighted by molar-refractivity contribution is 0.397. The molecule has 0 fully saturated rings. The number of fused-ring (bicyclic) bond motifs is 1. The molecule has 0 saturated heterocycles. The van der Waals surface area contributed by atoms with Gasteiger partial charge in [0.25, 0.3) is 0 Å². The molecule has 0 saturated carbocycles. The molecule has 84 valence electrons. The first-order valence-corrected chi connectivity index (χ1v) is 5.96. The Morgan fingerprint density at radius 2 is 2.00 bits per heavy atom. The second kappa shape index (κ2) is 5.79. The Morgan fingerprint density at radius 3 is 2.67 bits per heavy atom. The molecule has 0 spiro atoms. The molecular weight excluding hydrogens is 184 g/mol. The van der Waals surface area contributed by atoms with E-state index in [1.165, 1.54) is 30.4 Å². The number of ether oxygens (including phenoxy) is 1. The van der Waals surface area contributed by atoms with Crippen LogP contribution < -0.4 is 4.74 Å². The van der Waals surface area contributed by atoms with Crippen LogP contribution in [0, 0.1) is 5.92 Å². The van der Waals surface area contributed by atoms with Crippen molar-refractivity contribution < 1.29 is 4.74 Å². The Hall–Kier alpha value is -0.980. The first-order chi connectivity index (χ1) is 7.31. The van der Waals surface area contributed by atoms with E-state index in [4.69, 9.17) is 4.74 Å². The Morgan fingerprint density at radius 1 is 1.27 bits per heavy atom. The molecule has 0 radical (unpaired) electrons. The van der Waals surface area contributed by atoms with Gasteiger partial charge in [-0.3, -0.25) is 0 Å². The van der Waals surface area contributed by atoms with Crippen molar-refractivity contribution in [2.45, 2.75) is 40.0 Å². The monoisotopic (exact) mass is 206 g/mol. The van der Waals surface area contributed by atoms with E-state index >= 15 is 0 Å². The molecule has 1 unspecified atom stereocenters. The highest BCUT2D eigenvalue weighted by molar-refractivity contribution is 5.41. The van der Waals surface area contributed by atoms with Crippen LogP contribution in [-0.2, 0) is 12.8 Å². The molecule has 0 heterocycles. The van der Waals surface area contributed by atoms with Crippen LogP contribution in [0.25, 0.3) is 0 Å². The maximum Gasteiger partial charge on any atom is 0.122 e. The molecule has 1 aliphatic carbocycles. The second-order valence-electron chi connectivity index (χ2n) is 3.95. The molecule has 0 aliphatic heterocycles. The van der Waals surface area contributed by atoms with E-state index < -0.39 is 0 Å². The maximum absolute atomic E-state index is 5.36. The number of hydrogen-bond donors (Lipinski definition) is 0. The van der Waals surface area contributed by atoms with Crippen LogP contribution >= 0.6 is 0 Å². The molecule has 0 aromatic heterocycles. The van der Waals surface area contributed by atoms with Crippen LogP contribution in [0.5, 0.6) is 5.75 Å². The summed E-state index contributed by atoms with van der Waals surface area (Å²) in [6, 6.07) is 6.38. The van der Waals surface area contributed by atoms with Crippen molar-refractivity contribution >= 4 is 0 Å². The predicted molar refractivity (Wildman–Crippen MR) is 65.5 cm³/mol. The number of hydrogen-bond acceptors (Lipinski definition) is 1. The van der Waals surface area contributed by atoms with Crippen LogP contribution in [0.3, 0.4) is 0 Å². The van der Waals surface area contributed by atoms with Gasteiger partial charge in [0.2, 0.25) is 0 Å². The molecular formula is C14H22O. The Balaban J connectivity index is 0.000000531. The fourth-order valence-corrected chi connectivity index (χ4v) is 2.12. The van der Waals surface area contributed by atoms with Gasteiger partial charge in [-0.05, 0) is 42.4 Å². The average molecular weight is 206 g/mol. The quantitative estimate of drug-likeness (QED) is 0.678. The summed E-state index contributed by atoms with van der Waals surface area (Å²) >= 11 is 0. The van der Waals surface area contributed by atoms with Gasteiger partial charge in [0.15, 0.2) is 0 Å². The first kappa shape index (κ1) is 12.1. The van der Waals surface area contributed by atoms with Crippen molar-refractivity contribution in [3.8, 4) is 5.75 Å². The molecule has 1 aliphatic rings. The lowest BCUT2D eigenvalue weighted by Gasteiger charge is -2.23. The topological polar surface area (TPSA) is 9.23 Å². The van der Waals surface area contributed by atoms with Gasteiger partial charge in [-0.1, -0.05) is 32.9 Å². The zero-order chi connectivity index (χ0) is 11.3. The van der Waals surface area contributed by atoms with E-state index in [0.29, 0.717) is 0 Å². The van der Waals surface area contributed by atoms with Crippen molar-refractivity contribution in [2.24, 2.45) is 5.92 Å². The summed E-state index contributed by atoms with van der Waals surface area (Å²) in [6.45, 7) is 6.31. The first-order valence-electron chi connectivity index (χ1n) is 5.96.